The van der Waals surface area contributed by atoms with Crippen LogP contribution < -0.4 is 10.1 Å². The molecule has 0 radical (unpaired) electrons. The normalized spacial score (nSPS) is 23.7. The third-order valence-corrected chi connectivity index (χ3v) is 5.06. The lowest BCUT2D eigenvalue weighted by molar-refractivity contribution is 0.161. The summed E-state index contributed by atoms with van der Waals surface area (Å²) in [7, 11) is 0. The maximum absolute atomic E-state index is 6.26. The fraction of sp³-hybridized carbons (Fsp3) is 0.647. The van der Waals surface area contributed by atoms with E-state index in [2.05, 4.69) is 30.1 Å². The second kappa shape index (κ2) is 6.55. The predicted molar refractivity (Wildman–Crippen MR) is 87.2 cm³/mol. The van der Waals surface area contributed by atoms with Crippen LogP contribution in [0, 0.1) is 5.92 Å². The van der Waals surface area contributed by atoms with E-state index >= 15 is 0 Å². The maximum atomic E-state index is 6.26. The molecule has 1 aromatic carbocycles. The molecule has 2 heterocycles. The van der Waals surface area contributed by atoms with Gasteiger partial charge in [-0.1, -0.05) is 31.9 Å². The fourth-order valence-corrected chi connectivity index (χ4v) is 3.62. The smallest absolute Gasteiger partial charge is 0.127 e. The van der Waals surface area contributed by atoms with Crippen LogP contribution in [0.15, 0.2) is 12.1 Å². The van der Waals surface area contributed by atoms with Gasteiger partial charge in [-0.15, -0.1) is 0 Å². The van der Waals surface area contributed by atoms with Crippen LogP contribution >= 0.6 is 11.6 Å². The van der Waals surface area contributed by atoms with Crippen molar-refractivity contribution in [2.75, 3.05) is 26.2 Å². The summed E-state index contributed by atoms with van der Waals surface area (Å²) in [5.41, 5.74) is 2.52. The number of halogens is 1. The van der Waals surface area contributed by atoms with Gasteiger partial charge in [0.15, 0.2) is 0 Å². The zero-order valence-electron chi connectivity index (χ0n) is 13.0. The molecule has 2 aliphatic heterocycles. The highest BCUT2D eigenvalue weighted by molar-refractivity contribution is 6.30. The van der Waals surface area contributed by atoms with E-state index in [1.165, 1.54) is 17.5 Å². The molecule has 2 unspecified atom stereocenters. The van der Waals surface area contributed by atoms with Crippen LogP contribution in [0.2, 0.25) is 5.02 Å². The van der Waals surface area contributed by atoms with Gasteiger partial charge in [-0.25, -0.2) is 0 Å². The van der Waals surface area contributed by atoms with Crippen molar-refractivity contribution in [2.24, 2.45) is 5.92 Å². The Morgan fingerprint density at radius 1 is 1.48 bits per heavy atom. The van der Waals surface area contributed by atoms with Crippen molar-refractivity contribution in [3.05, 3.63) is 28.3 Å². The molecule has 0 spiro atoms. The van der Waals surface area contributed by atoms with Gasteiger partial charge in [0.2, 0.25) is 0 Å². The molecule has 3 nitrogen and oxygen atoms in total. The molecule has 0 aromatic heterocycles. The van der Waals surface area contributed by atoms with Crippen LogP contribution in [0.3, 0.4) is 0 Å². The second-order valence-electron chi connectivity index (χ2n) is 6.33. The van der Waals surface area contributed by atoms with Gasteiger partial charge < -0.3 is 10.1 Å². The van der Waals surface area contributed by atoms with Gasteiger partial charge in [-0.3, -0.25) is 4.90 Å². The van der Waals surface area contributed by atoms with E-state index < -0.39 is 0 Å². The van der Waals surface area contributed by atoms with Crippen molar-refractivity contribution in [2.45, 2.75) is 39.3 Å². The van der Waals surface area contributed by atoms with Crippen molar-refractivity contribution < 1.29 is 4.74 Å². The van der Waals surface area contributed by atoms with E-state index in [0.717, 1.165) is 50.0 Å². The lowest BCUT2D eigenvalue weighted by atomic mass is 9.97. The van der Waals surface area contributed by atoms with Crippen LogP contribution in [0.25, 0.3) is 0 Å². The van der Waals surface area contributed by atoms with Gasteiger partial charge in [0.05, 0.1) is 6.61 Å². The molecule has 1 fully saturated rings. The van der Waals surface area contributed by atoms with E-state index in [4.69, 9.17) is 16.3 Å². The Balaban J connectivity index is 1.72. The number of hydrogen-bond donors (Lipinski definition) is 1. The molecular formula is C17H25ClN2O. The van der Waals surface area contributed by atoms with E-state index in [9.17, 15) is 0 Å². The average molecular weight is 309 g/mol. The molecule has 21 heavy (non-hydrogen) atoms. The SMILES string of the molecule is CCC(C)C1CN(Cc2cc(Cl)cc3c2OCC3)CCN1. The molecule has 0 bridgehead atoms. The lowest BCUT2D eigenvalue weighted by Crippen LogP contribution is -2.52. The van der Waals surface area contributed by atoms with Crippen LogP contribution in [-0.4, -0.2) is 37.2 Å². The number of rotatable bonds is 4. The second-order valence-corrected chi connectivity index (χ2v) is 6.77. The summed E-state index contributed by atoms with van der Waals surface area (Å²) in [5, 5.41) is 4.49. The Kier molecular flexibility index (Phi) is 4.72. The van der Waals surface area contributed by atoms with Crippen molar-refractivity contribution in [3.63, 3.8) is 0 Å². The first kappa shape index (κ1) is 15.1. The first-order valence-corrected chi connectivity index (χ1v) is 8.45. The summed E-state index contributed by atoms with van der Waals surface area (Å²) in [6.45, 7) is 9.60. The van der Waals surface area contributed by atoms with Crippen LogP contribution in [0.5, 0.6) is 5.75 Å². The van der Waals surface area contributed by atoms with Crippen molar-refractivity contribution in [1.29, 1.82) is 0 Å². The maximum Gasteiger partial charge on any atom is 0.127 e. The number of fused-ring (bicyclic) bond motifs is 1. The minimum atomic E-state index is 0.594. The molecule has 0 aliphatic carbocycles. The van der Waals surface area contributed by atoms with Gasteiger partial charge in [0, 0.05) is 49.2 Å². The van der Waals surface area contributed by atoms with E-state index in [1.807, 2.05) is 6.07 Å². The number of piperazine rings is 1. The number of hydrogen-bond acceptors (Lipinski definition) is 3. The molecule has 0 amide bonds. The van der Waals surface area contributed by atoms with Gasteiger partial charge >= 0.3 is 0 Å². The van der Waals surface area contributed by atoms with E-state index in [1.54, 1.807) is 0 Å². The quantitative estimate of drug-likeness (QED) is 0.925. The average Bonchev–Trinajstić information content (AvgIpc) is 2.95. The number of ether oxygens (including phenoxy) is 1. The van der Waals surface area contributed by atoms with Gasteiger partial charge in [0.25, 0.3) is 0 Å². The minimum absolute atomic E-state index is 0.594. The molecule has 3 rings (SSSR count). The molecular weight excluding hydrogens is 284 g/mol. The molecule has 1 N–H and O–H groups in total. The van der Waals surface area contributed by atoms with Crippen LogP contribution in [0.4, 0.5) is 0 Å². The Hall–Kier alpha value is -0.770. The summed E-state index contributed by atoms with van der Waals surface area (Å²) >= 11 is 6.26. The number of nitrogens with zero attached hydrogens (tertiary/aromatic N) is 1. The Labute approximate surface area is 132 Å². The van der Waals surface area contributed by atoms with E-state index in [0.29, 0.717) is 12.0 Å². The number of benzene rings is 1. The van der Waals surface area contributed by atoms with Crippen LogP contribution in [0.1, 0.15) is 31.4 Å². The summed E-state index contributed by atoms with van der Waals surface area (Å²) in [5.74, 6) is 1.80. The first-order chi connectivity index (χ1) is 10.2. The highest BCUT2D eigenvalue weighted by Gasteiger charge is 2.25. The van der Waals surface area contributed by atoms with Gasteiger partial charge in [-0.05, 0) is 23.6 Å². The highest BCUT2D eigenvalue weighted by Crippen LogP contribution is 2.33. The molecule has 2 aliphatic rings. The largest absolute Gasteiger partial charge is 0.493 e. The fourth-order valence-electron chi connectivity index (χ4n) is 3.36. The Bertz CT molecular complexity index is 506. The zero-order chi connectivity index (χ0) is 14.8. The highest BCUT2D eigenvalue weighted by atomic mass is 35.5. The van der Waals surface area contributed by atoms with E-state index in [-0.39, 0.29) is 0 Å². The monoisotopic (exact) mass is 308 g/mol. The third-order valence-electron chi connectivity index (χ3n) is 4.84. The third kappa shape index (κ3) is 3.36. The molecule has 116 valence electrons. The van der Waals surface area contributed by atoms with Crippen molar-refractivity contribution in [1.82, 2.24) is 10.2 Å². The molecule has 4 heteroatoms. The standard InChI is InChI=1S/C17H25ClN2O/c1-3-12(2)16-11-20(6-5-19-16)10-14-9-15(18)8-13-4-7-21-17(13)14/h8-9,12,16,19H,3-7,10-11H2,1-2H3. The molecule has 2 atom stereocenters. The van der Waals surface area contributed by atoms with Crippen molar-refractivity contribution in [3.8, 4) is 5.75 Å². The molecule has 0 saturated carbocycles. The zero-order valence-corrected chi connectivity index (χ0v) is 13.7. The lowest BCUT2D eigenvalue weighted by Gasteiger charge is -2.36. The predicted octanol–water partition coefficient (Wildman–Crippen LogP) is 3.09. The Morgan fingerprint density at radius 2 is 2.33 bits per heavy atom. The summed E-state index contributed by atoms with van der Waals surface area (Å²) < 4.78 is 5.82. The summed E-state index contributed by atoms with van der Waals surface area (Å²) in [6, 6.07) is 4.72. The topological polar surface area (TPSA) is 24.5 Å². The van der Waals surface area contributed by atoms with Gasteiger partial charge in [-0.2, -0.15) is 0 Å². The molecule has 1 saturated heterocycles. The van der Waals surface area contributed by atoms with Crippen molar-refractivity contribution >= 4 is 11.6 Å². The first-order valence-electron chi connectivity index (χ1n) is 8.07. The Morgan fingerprint density at radius 3 is 3.14 bits per heavy atom. The number of nitrogens with one attached hydrogen (secondary N) is 1. The van der Waals surface area contributed by atoms with Gasteiger partial charge in [0.1, 0.15) is 5.75 Å². The summed E-state index contributed by atoms with van der Waals surface area (Å²) in [4.78, 5) is 2.53. The van der Waals surface area contributed by atoms with Crippen LogP contribution in [-0.2, 0) is 13.0 Å². The molecule has 1 aromatic rings. The minimum Gasteiger partial charge on any atom is -0.493 e. The summed E-state index contributed by atoms with van der Waals surface area (Å²) in [6.07, 6.45) is 2.21.